The van der Waals surface area contributed by atoms with E-state index < -0.39 is 0 Å². The summed E-state index contributed by atoms with van der Waals surface area (Å²) in [4.78, 5) is 29.1. The molecule has 0 spiro atoms. The number of nitrogens with zero attached hydrogens (tertiary/aromatic N) is 5. The van der Waals surface area contributed by atoms with Crippen LogP contribution in [0.15, 0.2) is 30.9 Å². The minimum Gasteiger partial charge on any atom is -0.494 e. The summed E-state index contributed by atoms with van der Waals surface area (Å²) in [6.45, 7) is 5.76. The Morgan fingerprint density at radius 2 is 2.08 bits per heavy atom. The fourth-order valence-electron chi connectivity index (χ4n) is 4.79. The Morgan fingerprint density at radius 1 is 1.22 bits per heavy atom. The molecule has 1 N–H and O–H groups in total. The van der Waals surface area contributed by atoms with Gasteiger partial charge in [0.25, 0.3) is 5.88 Å². The van der Waals surface area contributed by atoms with E-state index in [9.17, 15) is 4.79 Å². The summed E-state index contributed by atoms with van der Waals surface area (Å²) >= 11 is 0. The van der Waals surface area contributed by atoms with E-state index in [-0.39, 0.29) is 18.1 Å². The molecule has 3 aromatic heterocycles. The van der Waals surface area contributed by atoms with Crippen molar-refractivity contribution in [3.8, 4) is 22.9 Å². The van der Waals surface area contributed by atoms with Gasteiger partial charge in [-0.15, -0.1) is 0 Å². The number of imidazole rings is 1. The van der Waals surface area contributed by atoms with Crippen LogP contribution < -0.4 is 14.8 Å². The SMILES string of the molecule is CCN1C(=O)NC(CCCOC)CCCCCOc2nc(cn3ccnc23)-c2cc(ncc2OC)[C@H]1C. The molecule has 1 unspecified atom stereocenters. The number of nitrogens with one attached hydrogen (secondary N) is 1. The molecule has 2 amide bonds. The molecule has 4 bridgehead atoms. The Hall–Kier alpha value is -3.40. The Kier molecular flexibility index (Phi) is 9.16. The predicted molar refractivity (Wildman–Crippen MR) is 141 cm³/mol. The van der Waals surface area contributed by atoms with E-state index in [0.29, 0.717) is 42.7 Å². The highest BCUT2D eigenvalue weighted by Gasteiger charge is 2.25. The van der Waals surface area contributed by atoms with Crippen molar-refractivity contribution in [2.75, 3.05) is 34.0 Å². The van der Waals surface area contributed by atoms with Crippen LogP contribution in [0, 0.1) is 0 Å². The Labute approximate surface area is 218 Å². The summed E-state index contributed by atoms with van der Waals surface area (Å²) in [5.41, 5.74) is 2.89. The molecule has 10 heteroatoms. The van der Waals surface area contributed by atoms with Crippen LogP contribution in [-0.4, -0.2) is 70.3 Å². The lowest BCUT2D eigenvalue weighted by Gasteiger charge is -2.30. The number of carbonyl (C=O) groups excluding carboxylic acids is 1. The first-order chi connectivity index (χ1) is 18.0. The molecule has 4 rings (SSSR count). The van der Waals surface area contributed by atoms with Gasteiger partial charge in [-0.3, -0.25) is 4.98 Å². The summed E-state index contributed by atoms with van der Waals surface area (Å²) in [5, 5.41) is 3.28. The van der Waals surface area contributed by atoms with Gasteiger partial charge in [-0.1, -0.05) is 6.42 Å². The lowest BCUT2D eigenvalue weighted by molar-refractivity contribution is 0.170. The number of rotatable bonds is 6. The van der Waals surface area contributed by atoms with Crippen molar-refractivity contribution in [3.63, 3.8) is 0 Å². The number of pyridine rings is 1. The number of carbonyl (C=O) groups is 1. The molecule has 0 saturated carbocycles. The van der Waals surface area contributed by atoms with E-state index in [2.05, 4.69) is 15.3 Å². The zero-order chi connectivity index (χ0) is 26.2. The number of amides is 2. The second-order valence-electron chi connectivity index (χ2n) is 9.34. The topological polar surface area (TPSA) is 103 Å². The molecule has 0 saturated heterocycles. The van der Waals surface area contributed by atoms with Crippen molar-refractivity contribution in [2.24, 2.45) is 0 Å². The molecule has 2 atom stereocenters. The van der Waals surface area contributed by atoms with Crippen molar-refractivity contribution in [1.82, 2.24) is 29.6 Å². The van der Waals surface area contributed by atoms with E-state index in [1.807, 2.05) is 41.6 Å². The lowest BCUT2D eigenvalue weighted by atomic mass is 10.0. The molecule has 4 heterocycles. The Balaban J connectivity index is 1.72. The van der Waals surface area contributed by atoms with E-state index in [1.165, 1.54) is 0 Å². The average molecular weight is 511 g/mol. The molecule has 0 radical (unpaired) electrons. The van der Waals surface area contributed by atoms with Crippen LogP contribution in [0.1, 0.15) is 64.1 Å². The maximum atomic E-state index is 13.4. The molecular formula is C27H38N6O4. The second-order valence-corrected chi connectivity index (χ2v) is 9.34. The van der Waals surface area contributed by atoms with Crippen LogP contribution in [0.5, 0.6) is 11.6 Å². The van der Waals surface area contributed by atoms with Crippen LogP contribution in [-0.2, 0) is 4.74 Å². The van der Waals surface area contributed by atoms with Crippen LogP contribution >= 0.6 is 0 Å². The van der Waals surface area contributed by atoms with Gasteiger partial charge in [-0.25, -0.2) is 14.8 Å². The third-order valence-electron chi connectivity index (χ3n) is 6.89. The molecule has 3 aromatic rings. The maximum absolute atomic E-state index is 13.4. The summed E-state index contributed by atoms with van der Waals surface area (Å²) in [6.07, 6.45) is 12.8. The van der Waals surface area contributed by atoms with Crippen molar-refractivity contribution in [3.05, 3.63) is 36.5 Å². The van der Waals surface area contributed by atoms with Crippen molar-refractivity contribution >= 4 is 11.7 Å². The first kappa shape index (κ1) is 26.7. The molecule has 1 aliphatic rings. The molecule has 37 heavy (non-hydrogen) atoms. The van der Waals surface area contributed by atoms with Crippen LogP contribution in [0.2, 0.25) is 0 Å². The van der Waals surface area contributed by atoms with Crippen LogP contribution in [0.3, 0.4) is 0 Å². The van der Waals surface area contributed by atoms with Gasteiger partial charge < -0.3 is 28.8 Å². The Morgan fingerprint density at radius 3 is 2.86 bits per heavy atom. The van der Waals surface area contributed by atoms with E-state index in [0.717, 1.165) is 49.8 Å². The number of fused-ring (bicyclic) bond motifs is 7. The molecule has 0 aliphatic carbocycles. The third-order valence-corrected chi connectivity index (χ3v) is 6.89. The zero-order valence-electron chi connectivity index (χ0n) is 22.3. The second kappa shape index (κ2) is 12.7. The average Bonchev–Trinajstić information content (AvgIpc) is 3.39. The van der Waals surface area contributed by atoms with Gasteiger partial charge in [0.2, 0.25) is 5.65 Å². The zero-order valence-corrected chi connectivity index (χ0v) is 22.3. The van der Waals surface area contributed by atoms with Gasteiger partial charge in [0, 0.05) is 50.5 Å². The molecule has 200 valence electrons. The maximum Gasteiger partial charge on any atom is 0.318 e. The minimum absolute atomic E-state index is 0.0792. The molecule has 0 fully saturated rings. The molecular weight excluding hydrogens is 472 g/mol. The quantitative estimate of drug-likeness (QED) is 0.482. The highest BCUT2D eigenvalue weighted by Crippen LogP contribution is 2.33. The number of aromatic nitrogens is 4. The molecule has 1 aliphatic heterocycles. The van der Waals surface area contributed by atoms with Crippen molar-refractivity contribution in [2.45, 2.75) is 64.5 Å². The fraction of sp³-hybridized carbons (Fsp3) is 0.556. The normalized spacial score (nSPS) is 19.2. The van der Waals surface area contributed by atoms with E-state index >= 15 is 0 Å². The summed E-state index contributed by atoms with van der Waals surface area (Å²) in [7, 11) is 3.32. The molecule has 10 nitrogen and oxygen atoms in total. The summed E-state index contributed by atoms with van der Waals surface area (Å²) in [5.74, 6) is 1.09. The van der Waals surface area contributed by atoms with Gasteiger partial charge in [0.05, 0.1) is 37.3 Å². The van der Waals surface area contributed by atoms with Gasteiger partial charge in [-0.2, -0.15) is 0 Å². The number of hydrogen-bond donors (Lipinski definition) is 1. The Bertz CT molecular complexity index is 1180. The largest absolute Gasteiger partial charge is 0.494 e. The number of hydrogen-bond acceptors (Lipinski definition) is 7. The summed E-state index contributed by atoms with van der Waals surface area (Å²) in [6, 6.07) is 1.70. The first-order valence-corrected chi connectivity index (χ1v) is 13.1. The molecule has 0 aromatic carbocycles. The number of ether oxygens (including phenoxy) is 3. The minimum atomic E-state index is -0.252. The standard InChI is InChI=1S/C27H38N6O4/c1-5-33-19(2)22-16-21(24(36-4)17-29-22)23-18-32-13-12-28-25(32)26(31-23)37-15-8-6-7-10-20(30-27(33)34)11-9-14-35-3/h12-13,16-20H,5-11,14-15H2,1-4H3,(H,30,34)/t19-,20?/m1/s1. The van der Waals surface area contributed by atoms with Gasteiger partial charge in [0.1, 0.15) is 5.75 Å². The number of methoxy groups -OCH3 is 2. The summed E-state index contributed by atoms with van der Waals surface area (Å²) < 4.78 is 18.9. The van der Waals surface area contributed by atoms with Gasteiger partial charge in [0.15, 0.2) is 0 Å². The fourth-order valence-corrected chi connectivity index (χ4v) is 4.79. The number of urea groups is 1. The lowest BCUT2D eigenvalue weighted by Crippen LogP contribution is -2.46. The van der Waals surface area contributed by atoms with Gasteiger partial charge in [-0.05, 0) is 52.0 Å². The van der Waals surface area contributed by atoms with Gasteiger partial charge >= 0.3 is 6.03 Å². The van der Waals surface area contributed by atoms with E-state index in [1.54, 1.807) is 26.6 Å². The smallest absolute Gasteiger partial charge is 0.318 e. The predicted octanol–water partition coefficient (Wildman–Crippen LogP) is 4.64. The van der Waals surface area contributed by atoms with Crippen LogP contribution in [0.4, 0.5) is 4.79 Å². The van der Waals surface area contributed by atoms with Crippen molar-refractivity contribution < 1.29 is 19.0 Å². The van der Waals surface area contributed by atoms with E-state index in [4.69, 9.17) is 19.2 Å². The highest BCUT2D eigenvalue weighted by molar-refractivity contribution is 5.75. The first-order valence-electron chi connectivity index (χ1n) is 13.1. The highest BCUT2D eigenvalue weighted by atomic mass is 16.5. The van der Waals surface area contributed by atoms with Crippen molar-refractivity contribution in [1.29, 1.82) is 0 Å². The van der Waals surface area contributed by atoms with Crippen LogP contribution in [0.25, 0.3) is 16.9 Å². The third kappa shape index (κ3) is 6.30. The monoisotopic (exact) mass is 510 g/mol.